The van der Waals surface area contributed by atoms with Crippen molar-refractivity contribution >= 4 is 11.8 Å². The van der Waals surface area contributed by atoms with E-state index in [0.29, 0.717) is 0 Å². The van der Waals surface area contributed by atoms with E-state index in [2.05, 4.69) is 60.5 Å². The zero-order chi connectivity index (χ0) is 17.5. The Bertz CT molecular complexity index is 389. The number of aryl methyl sites for hydroxylation is 2. The van der Waals surface area contributed by atoms with Crippen LogP contribution in [0.4, 0.5) is 0 Å². The van der Waals surface area contributed by atoms with Crippen LogP contribution >= 0.6 is 11.8 Å². The van der Waals surface area contributed by atoms with Gasteiger partial charge < -0.3 is 0 Å². The number of thioether (sulfide) groups is 1. The minimum absolute atomic E-state index is 0.936. The third-order valence-electron chi connectivity index (χ3n) is 4.81. The molecule has 0 aliphatic rings. The van der Waals surface area contributed by atoms with Crippen LogP contribution in [0.15, 0.2) is 18.7 Å². The van der Waals surface area contributed by atoms with Gasteiger partial charge in [-0.15, -0.1) is 0 Å². The third kappa shape index (κ3) is 12.0. The van der Waals surface area contributed by atoms with Crippen molar-refractivity contribution in [2.24, 2.45) is 13.0 Å². The summed E-state index contributed by atoms with van der Waals surface area (Å²) in [5.41, 5.74) is 0. The van der Waals surface area contributed by atoms with Crippen LogP contribution in [-0.4, -0.2) is 16.1 Å². The van der Waals surface area contributed by atoms with E-state index in [0.717, 1.165) is 12.5 Å². The molecular weight excluding hydrogens is 312 g/mol. The highest BCUT2D eigenvalue weighted by atomic mass is 32.2. The minimum Gasteiger partial charge on any atom is -0.240 e. The van der Waals surface area contributed by atoms with Crippen LogP contribution in [0.25, 0.3) is 0 Å². The van der Waals surface area contributed by atoms with Gasteiger partial charge in [0.15, 0.2) is 0 Å². The molecule has 2 nitrogen and oxygen atoms in total. The maximum atomic E-state index is 2.45. The maximum Gasteiger partial charge on any atom is 0.243 e. The van der Waals surface area contributed by atoms with Crippen molar-refractivity contribution in [3.63, 3.8) is 0 Å². The SMILES string of the molecule is CCCCCCCCC(C)CCCSCCCCn1cc[n+](C)c1. The van der Waals surface area contributed by atoms with Crippen molar-refractivity contribution in [2.45, 2.75) is 91.0 Å². The van der Waals surface area contributed by atoms with Crippen LogP contribution in [0.3, 0.4) is 0 Å². The van der Waals surface area contributed by atoms with Crippen molar-refractivity contribution < 1.29 is 4.57 Å². The highest BCUT2D eigenvalue weighted by Crippen LogP contribution is 2.18. The number of imidazole rings is 1. The molecule has 0 saturated heterocycles. The summed E-state index contributed by atoms with van der Waals surface area (Å²) >= 11 is 2.16. The summed E-state index contributed by atoms with van der Waals surface area (Å²) in [7, 11) is 2.08. The fourth-order valence-corrected chi connectivity index (χ4v) is 4.17. The van der Waals surface area contributed by atoms with Gasteiger partial charge in [0.25, 0.3) is 0 Å². The first-order valence-electron chi connectivity index (χ1n) is 10.3. The van der Waals surface area contributed by atoms with Crippen LogP contribution in [0.5, 0.6) is 0 Å². The summed E-state index contributed by atoms with van der Waals surface area (Å²) in [4.78, 5) is 0. The van der Waals surface area contributed by atoms with E-state index in [1.165, 1.54) is 82.1 Å². The number of unbranched alkanes of at least 4 members (excludes halogenated alkanes) is 6. The van der Waals surface area contributed by atoms with Crippen molar-refractivity contribution in [1.29, 1.82) is 0 Å². The smallest absolute Gasteiger partial charge is 0.240 e. The molecule has 1 aromatic rings. The van der Waals surface area contributed by atoms with Crippen molar-refractivity contribution in [3.8, 4) is 0 Å². The third-order valence-corrected chi connectivity index (χ3v) is 5.97. The molecule has 1 unspecified atom stereocenters. The molecule has 24 heavy (non-hydrogen) atoms. The van der Waals surface area contributed by atoms with Crippen molar-refractivity contribution in [2.75, 3.05) is 11.5 Å². The van der Waals surface area contributed by atoms with E-state index in [9.17, 15) is 0 Å². The van der Waals surface area contributed by atoms with Crippen LogP contribution in [0, 0.1) is 5.92 Å². The lowest BCUT2D eigenvalue weighted by molar-refractivity contribution is -0.671. The number of rotatable bonds is 16. The van der Waals surface area contributed by atoms with Crippen LogP contribution in [-0.2, 0) is 13.6 Å². The van der Waals surface area contributed by atoms with Gasteiger partial charge in [-0.05, 0) is 43.1 Å². The second-order valence-electron chi connectivity index (χ2n) is 7.44. The lowest BCUT2D eigenvalue weighted by Gasteiger charge is -2.11. The number of hydrogen-bond acceptors (Lipinski definition) is 1. The van der Waals surface area contributed by atoms with Crippen LogP contribution in [0.1, 0.15) is 84.5 Å². The summed E-state index contributed by atoms with van der Waals surface area (Å²) in [6.07, 6.45) is 22.0. The Morgan fingerprint density at radius 2 is 1.62 bits per heavy atom. The average Bonchev–Trinajstić information content (AvgIpc) is 2.98. The van der Waals surface area contributed by atoms with Crippen molar-refractivity contribution in [1.82, 2.24) is 4.57 Å². The molecule has 1 aromatic heterocycles. The molecule has 0 radical (unpaired) electrons. The molecule has 0 aliphatic heterocycles. The quantitative estimate of drug-likeness (QED) is 0.262. The Kier molecular flexibility index (Phi) is 13.4. The first kappa shape index (κ1) is 21.6. The molecule has 3 heteroatoms. The molecule has 0 spiro atoms. The van der Waals surface area contributed by atoms with E-state index in [1.54, 1.807) is 0 Å². The predicted molar refractivity (Wildman–Crippen MR) is 109 cm³/mol. The molecule has 0 aromatic carbocycles. The molecule has 0 aliphatic carbocycles. The minimum atomic E-state index is 0.936. The summed E-state index contributed by atoms with van der Waals surface area (Å²) in [5.74, 6) is 3.63. The number of aromatic nitrogens is 2. The second kappa shape index (κ2) is 14.9. The molecule has 140 valence electrons. The van der Waals surface area contributed by atoms with E-state index < -0.39 is 0 Å². The monoisotopic (exact) mass is 353 g/mol. The van der Waals surface area contributed by atoms with E-state index in [-0.39, 0.29) is 0 Å². The summed E-state index contributed by atoms with van der Waals surface area (Å²) < 4.78 is 4.40. The Hall–Kier alpha value is -0.440. The molecule has 0 saturated carbocycles. The van der Waals surface area contributed by atoms with E-state index in [1.807, 2.05) is 0 Å². The number of hydrogen-bond donors (Lipinski definition) is 0. The van der Waals surface area contributed by atoms with Gasteiger partial charge in [0.2, 0.25) is 6.33 Å². The first-order valence-corrected chi connectivity index (χ1v) is 11.5. The van der Waals surface area contributed by atoms with Gasteiger partial charge >= 0.3 is 0 Å². The lowest BCUT2D eigenvalue weighted by Crippen LogP contribution is -2.23. The lowest BCUT2D eigenvalue weighted by atomic mass is 9.98. The fraction of sp³-hybridized carbons (Fsp3) is 0.857. The Labute approximate surface area is 155 Å². The van der Waals surface area contributed by atoms with Gasteiger partial charge in [0.1, 0.15) is 12.4 Å². The average molecular weight is 354 g/mol. The van der Waals surface area contributed by atoms with Gasteiger partial charge in [-0.3, -0.25) is 0 Å². The summed E-state index contributed by atoms with van der Waals surface area (Å²) in [6.45, 7) is 5.91. The van der Waals surface area contributed by atoms with Gasteiger partial charge in [0.05, 0.1) is 13.6 Å². The molecule has 0 bridgehead atoms. The molecule has 1 atom stereocenters. The highest BCUT2D eigenvalue weighted by Gasteiger charge is 2.03. The van der Waals surface area contributed by atoms with Gasteiger partial charge in [-0.1, -0.05) is 58.8 Å². The topological polar surface area (TPSA) is 8.81 Å². The Morgan fingerprint density at radius 1 is 0.917 bits per heavy atom. The molecule has 0 amide bonds. The fourth-order valence-electron chi connectivity index (χ4n) is 3.19. The zero-order valence-electron chi connectivity index (χ0n) is 16.5. The first-order chi connectivity index (χ1) is 11.7. The molecule has 0 N–H and O–H groups in total. The molecular formula is C21H41N2S+. The van der Waals surface area contributed by atoms with Crippen LogP contribution in [0.2, 0.25) is 0 Å². The second-order valence-corrected chi connectivity index (χ2v) is 8.66. The standard InChI is InChI=1S/C21H41N2S/c1-4-5-6-7-8-9-13-21(2)14-12-19-24-18-11-10-15-23-17-16-22(3)20-23/h16-17,20-21H,4-15,18-19H2,1-3H3/q+1. The zero-order valence-corrected chi connectivity index (χ0v) is 17.3. The van der Waals surface area contributed by atoms with Gasteiger partial charge in [-0.25, -0.2) is 9.13 Å². The molecule has 1 heterocycles. The Balaban J connectivity index is 1.80. The highest BCUT2D eigenvalue weighted by molar-refractivity contribution is 7.99. The Morgan fingerprint density at radius 3 is 2.38 bits per heavy atom. The van der Waals surface area contributed by atoms with E-state index in [4.69, 9.17) is 0 Å². The summed E-state index contributed by atoms with van der Waals surface area (Å²) in [6, 6.07) is 0. The van der Waals surface area contributed by atoms with Crippen molar-refractivity contribution in [3.05, 3.63) is 18.7 Å². The molecule has 0 fully saturated rings. The summed E-state index contributed by atoms with van der Waals surface area (Å²) in [5, 5.41) is 0. The molecule has 1 rings (SSSR count). The normalized spacial score (nSPS) is 12.6. The van der Waals surface area contributed by atoms with E-state index >= 15 is 0 Å². The predicted octanol–water partition coefficient (Wildman–Crippen LogP) is 5.99. The number of nitrogens with zero attached hydrogens (tertiary/aromatic N) is 2. The van der Waals surface area contributed by atoms with Gasteiger partial charge in [0, 0.05) is 0 Å². The van der Waals surface area contributed by atoms with Crippen LogP contribution < -0.4 is 4.57 Å². The van der Waals surface area contributed by atoms with Gasteiger partial charge in [-0.2, -0.15) is 11.8 Å². The largest absolute Gasteiger partial charge is 0.243 e. The maximum absolute atomic E-state index is 2.45.